The second-order valence-electron chi connectivity index (χ2n) is 7.05. The van der Waals surface area contributed by atoms with Crippen molar-refractivity contribution in [2.24, 2.45) is 11.3 Å². The van der Waals surface area contributed by atoms with Gasteiger partial charge in [-0.15, -0.1) is 0 Å². The molecule has 0 spiro atoms. The smallest absolute Gasteiger partial charge is 0.223 e. The molecule has 2 fully saturated rings. The third-order valence-electron chi connectivity index (χ3n) is 4.61. The van der Waals surface area contributed by atoms with E-state index >= 15 is 0 Å². The molecule has 0 aromatic heterocycles. The summed E-state index contributed by atoms with van der Waals surface area (Å²) in [6.07, 6.45) is 5.75. The van der Waals surface area contributed by atoms with Gasteiger partial charge >= 0.3 is 0 Å². The molecule has 1 amide bonds. The molecule has 1 atom stereocenters. The lowest BCUT2D eigenvalue weighted by Crippen LogP contribution is -2.44. The van der Waals surface area contributed by atoms with Crippen LogP contribution in [0.2, 0.25) is 0 Å². The largest absolute Gasteiger partial charge is 0.353 e. The van der Waals surface area contributed by atoms with Gasteiger partial charge in [-0.05, 0) is 37.5 Å². The van der Waals surface area contributed by atoms with E-state index in [2.05, 4.69) is 19.2 Å². The van der Waals surface area contributed by atoms with Gasteiger partial charge in [0.1, 0.15) is 0 Å². The van der Waals surface area contributed by atoms with E-state index in [-0.39, 0.29) is 11.8 Å². The molecule has 6 heteroatoms. The van der Waals surface area contributed by atoms with Crippen molar-refractivity contribution in [3.05, 3.63) is 0 Å². The summed E-state index contributed by atoms with van der Waals surface area (Å²) in [7, 11) is -3.11. The predicted octanol–water partition coefficient (Wildman–Crippen LogP) is 1.35. The standard InChI is InChI=1S/C14H26N2O3S/c1-14(2)7-4-12(10-14)15-13(17)11-5-8-16(9-6-11)20(3,18)19/h11-12H,4-10H2,1-3H3,(H,15,17). The average molecular weight is 302 g/mol. The van der Waals surface area contributed by atoms with Gasteiger partial charge in [-0.2, -0.15) is 0 Å². The number of nitrogens with zero attached hydrogens (tertiary/aromatic N) is 1. The fourth-order valence-electron chi connectivity index (χ4n) is 3.33. The van der Waals surface area contributed by atoms with E-state index in [1.807, 2.05) is 0 Å². The number of amides is 1. The number of carbonyl (C=O) groups is 1. The summed E-state index contributed by atoms with van der Waals surface area (Å²) < 4.78 is 24.3. The first kappa shape index (κ1) is 15.8. The Morgan fingerprint density at radius 3 is 2.25 bits per heavy atom. The quantitative estimate of drug-likeness (QED) is 0.856. The van der Waals surface area contributed by atoms with Gasteiger partial charge < -0.3 is 5.32 Å². The number of piperidine rings is 1. The molecule has 2 aliphatic rings. The lowest BCUT2D eigenvalue weighted by Gasteiger charge is -2.30. The molecule has 116 valence electrons. The third kappa shape index (κ3) is 3.95. The van der Waals surface area contributed by atoms with E-state index in [0.717, 1.165) is 19.3 Å². The molecule has 5 nitrogen and oxygen atoms in total. The van der Waals surface area contributed by atoms with Gasteiger partial charge in [-0.25, -0.2) is 12.7 Å². The van der Waals surface area contributed by atoms with Gasteiger partial charge in [0.25, 0.3) is 0 Å². The summed E-state index contributed by atoms with van der Waals surface area (Å²) >= 11 is 0. The van der Waals surface area contributed by atoms with E-state index in [1.54, 1.807) is 0 Å². The first-order chi connectivity index (χ1) is 9.17. The van der Waals surface area contributed by atoms with E-state index in [0.29, 0.717) is 37.4 Å². The Morgan fingerprint density at radius 2 is 1.80 bits per heavy atom. The van der Waals surface area contributed by atoms with Crippen molar-refractivity contribution in [3.8, 4) is 0 Å². The Bertz CT molecular complexity index is 465. The molecule has 1 heterocycles. The maximum absolute atomic E-state index is 12.2. The number of hydrogen-bond donors (Lipinski definition) is 1. The van der Waals surface area contributed by atoms with Crippen LogP contribution in [0.4, 0.5) is 0 Å². The second kappa shape index (κ2) is 5.64. The van der Waals surface area contributed by atoms with Gasteiger partial charge in [0.2, 0.25) is 15.9 Å². The van der Waals surface area contributed by atoms with Crippen LogP contribution in [0.5, 0.6) is 0 Å². The van der Waals surface area contributed by atoms with Crippen LogP contribution in [0.1, 0.15) is 46.0 Å². The molecule has 1 aliphatic heterocycles. The minimum atomic E-state index is -3.11. The molecule has 1 N–H and O–H groups in total. The number of nitrogens with one attached hydrogen (secondary N) is 1. The molecule has 1 saturated heterocycles. The summed E-state index contributed by atoms with van der Waals surface area (Å²) in [5.74, 6) is 0.0811. The number of hydrogen-bond acceptors (Lipinski definition) is 3. The zero-order chi connectivity index (χ0) is 15.0. The van der Waals surface area contributed by atoms with Crippen molar-refractivity contribution in [1.29, 1.82) is 0 Å². The zero-order valence-electron chi connectivity index (χ0n) is 12.7. The molecule has 1 saturated carbocycles. The van der Waals surface area contributed by atoms with Crippen LogP contribution in [0.25, 0.3) is 0 Å². The molecule has 0 aromatic carbocycles. The van der Waals surface area contributed by atoms with Crippen LogP contribution in [-0.4, -0.2) is 44.0 Å². The lowest BCUT2D eigenvalue weighted by atomic mass is 9.91. The van der Waals surface area contributed by atoms with Gasteiger partial charge in [0.05, 0.1) is 6.26 Å². The van der Waals surface area contributed by atoms with E-state index in [1.165, 1.54) is 10.6 Å². The predicted molar refractivity (Wildman–Crippen MR) is 78.7 cm³/mol. The van der Waals surface area contributed by atoms with Gasteiger partial charge in [0.15, 0.2) is 0 Å². The average Bonchev–Trinajstić information content (AvgIpc) is 2.67. The zero-order valence-corrected chi connectivity index (χ0v) is 13.5. The molecule has 1 aliphatic carbocycles. The third-order valence-corrected chi connectivity index (χ3v) is 5.91. The highest BCUT2D eigenvalue weighted by molar-refractivity contribution is 7.88. The second-order valence-corrected chi connectivity index (χ2v) is 9.03. The van der Waals surface area contributed by atoms with Crippen molar-refractivity contribution >= 4 is 15.9 Å². The van der Waals surface area contributed by atoms with Crippen molar-refractivity contribution in [2.75, 3.05) is 19.3 Å². The van der Waals surface area contributed by atoms with Crippen LogP contribution < -0.4 is 5.32 Å². The highest BCUT2D eigenvalue weighted by Gasteiger charge is 2.34. The van der Waals surface area contributed by atoms with E-state index in [9.17, 15) is 13.2 Å². The van der Waals surface area contributed by atoms with Crippen molar-refractivity contribution in [2.45, 2.75) is 52.0 Å². The Kier molecular flexibility index (Phi) is 4.44. The number of carbonyl (C=O) groups excluding carboxylic acids is 1. The van der Waals surface area contributed by atoms with Crippen LogP contribution in [-0.2, 0) is 14.8 Å². The van der Waals surface area contributed by atoms with Crippen LogP contribution in [0, 0.1) is 11.3 Å². The molecule has 0 radical (unpaired) electrons. The lowest BCUT2D eigenvalue weighted by molar-refractivity contribution is -0.126. The van der Waals surface area contributed by atoms with Gasteiger partial charge in [-0.3, -0.25) is 4.79 Å². The fourth-order valence-corrected chi connectivity index (χ4v) is 4.20. The Balaban J connectivity index is 1.81. The SMILES string of the molecule is CC1(C)CCC(NC(=O)C2CCN(S(C)(=O)=O)CC2)C1. The summed E-state index contributed by atoms with van der Waals surface area (Å²) in [6.45, 7) is 5.41. The molecule has 1 unspecified atom stereocenters. The maximum atomic E-state index is 12.2. The normalized spacial score (nSPS) is 28.4. The molecular weight excluding hydrogens is 276 g/mol. The highest BCUT2D eigenvalue weighted by atomic mass is 32.2. The summed E-state index contributed by atoms with van der Waals surface area (Å²) in [4.78, 5) is 12.2. The Hall–Kier alpha value is -0.620. The first-order valence-corrected chi connectivity index (χ1v) is 9.28. The molecule has 0 bridgehead atoms. The van der Waals surface area contributed by atoms with Crippen LogP contribution in [0.3, 0.4) is 0 Å². The molecule has 2 rings (SSSR count). The maximum Gasteiger partial charge on any atom is 0.223 e. The van der Waals surface area contributed by atoms with Crippen LogP contribution >= 0.6 is 0 Å². The Labute approximate surface area is 122 Å². The minimum absolute atomic E-state index is 0.0308. The Morgan fingerprint density at radius 1 is 1.20 bits per heavy atom. The minimum Gasteiger partial charge on any atom is -0.353 e. The molecular formula is C14H26N2O3S. The van der Waals surface area contributed by atoms with Gasteiger partial charge in [-0.1, -0.05) is 13.8 Å². The fraction of sp³-hybridized carbons (Fsp3) is 0.929. The topological polar surface area (TPSA) is 66.5 Å². The van der Waals surface area contributed by atoms with E-state index in [4.69, 9.17) is 0 Å². The molecule has 0 aromatic rings. The monoisotopic (exact) mass is 302 g/mol. The highest BCUT2D eigenvalue weighted by Crippen LogP contribution is 2.37. The van der Waals surface area contributed by atoms with Gasteiger partial charge in [0, 0.05) is 25.0 Å². The van der Waals surface area contributed by atoms with Crippen molar-refractivity contribution < 1.29 is 13.2 Å². The van der Waals surface area contributed by atoms with Crippen molar-refractivity contribution in [3.63, 3.8) is 0 Å². The van der Waals surface area contributed by atoms with Crippen LogP contribution in [0.15, 0.2) is 0 Å². The molecule has 20 heavy (non-hydrogen) atoms. The number of rotatable bonds is 3. The first-order valence-electron chi connectivity index (χ1n) is 7.43. The van der Waals surface area contributed by atoms with E-state index < -0.39 is 10.0 Å². The van der Waals surface area contributed by atoms with Crippen molar-refractivity contribution in [1.82, 2.24) is 9.62 Å². The number of sulfonamides is 1. The summed E-state index contributed by atoms with van der Waals surface area (Å²) in [5.41, 5.74) is 0.331. The summed E-state index contributed by atoms with van der Waals surface area (Å²) in [6, 6.07) is 0.297. The summed E-state index contributed by atoms with van der Waals surface area (Å²) in [5, 5.41) is 3.15.